The van der Waals surface area contributed by atoms with Gasteiger partial charge in [0.15, 0.2) is 5.79 Å². The van der Waals surface area contributed by atoms with Gasteiger partial charge in [0.1, 0.15) is 0 Å². The molecule has 1 aromatic heterocycles. The van der Waals surface area contributed by atoms with Gasteiger partial charge in [-0.05, 0) is 31.9 Å². The van der Waals surface area contributed by atoms with Crippen molar-refractivity contribution in [2.24, 2.45) is 0 Å². The highest BCUT2D eigenvalue weighted by Crippen LogP contribution is 2.30. The third-order valence-electron chi connectivity index (χ3n) is 3.94. The third-order valence-corrected chi connectivity index (χ3v) is 3.94. The summed E-state index contributed by atoms with van der Waals surface area (Å²) >= 11 is 0. The second kappa shape index (κ2) is 5.62. The van der Waals surface area contributed by atoms with Gasteiger partial charge in [-0.2, -0.15) is 0 Å². The minimum atomic E-state index is -0.597. The summed E-state index contributed by atoms with van der Waals surface area (Å²) in [6.07, 6.45) is 6.41. The Hall–Kier alpha value is -1.65. The van der Waals surface area contributed by atoms with E-state index in [1.54, 1.807) is 12.5 Å². The van der Waals surface area contributed by atoms with Crippen molar-refractivity contribution in [1.82, 2.24) is 9.55 Å². The fourth-order valence-corrected chi connectivity index (χ4v) is 2.93. The fourth-order valence-electron chi connectivity index (χ4n) is 2.93. The van der Waals surface area contributed by atoms with Crippen LogP contribution in [0.5, 0.6) is 0 Å². The van der Waals surface area contributed by atoms with Gasteiger partial charge in [-0.3, -0.25) is 0 Å². The molecule has 1 fully saturated rings. The van der Waals surface area contributed by atoms with Crippen LogP contribution in [-0.2, 0) is 22.4 Å². The minimum Gasteiger partial charge on any atom is -0.345 e. The summed E-state index contributed by atoms with van der Waals surface area (Å²) in [4.78, 5) is 4.10. The summed E-state index contributed by atoms with van der Waals surface area (Å²) in [7, 11) is 0. The molecule has 1 aliphatic rings. The second-order valence-electron chi connectivity index (χ2n) is 5.99. The van der Waals surface area contributed by atoms with Crippen LogP contribution < -0.4 is 0 Å². The van der Waals surface area contributed by atoms with E-state index >= 15 is 0 Å². The van der Waals surface area contributed by atoms with Crippen LogP contribution in [0, 0.1) is 13.8 Å². The smallest absolute Gasteiger partial charge is 0.190 e. The Morgan fingerprint density at radius 1 is 1.38 bits per heavy atom. The van der Waals surface area contributed by atoms with Crippen molar-refractivity contribution in [3.05, 3.63) is 53.6 Å². The molecule has 2 unspecified atom stereocenters. The van der Waals surface area contributed by atoms with Gasteiger partial charge in [0, 0.05) is 18.8 Å². The first kappa shape index (κ1) is 14.3. The lowest BCUT2D eigenvalue weighted by atomic mass is 9.98. The molecule has 2 atom stereocenters. The molecule has 0 spiro atoms. The Morgan fingerprint density at radius 3 is 2.86 bits per heavy atom. The lowest BCUT2D eigenvalue weighted by Crippen LogP contribution is -2.38. The second-order valence-corrected chi connectivity index (χ2v) is 5.99. The molecule has 0 amide bonds. The molecule has 2 heterocycles. The van der Waals surface area contributed by atoms with Gasteiger partial charge < -0.3 is 14.0 Å². The van der Waals surface area contributed by atoms with Crippen molar-refractivity contribution < 1.29 is 9.47 Å². The summed E-state index contributed by atoms with van der Waals surface area (Å²) in [5.74, 6) is -0.597. The number of nitrogens with zero attached hydrogens (tertiary/aromatic N) is 2. The van der Waals surface area contributed by atoms with E-state index in [0.29, 0.717) is 13.2 Å². The maximum atomic E-state index is 6.14. The van der Waals surface area contributed by atoms with E-state index in [1.165, 1.54) is 16.7 Å². The van der Waals surface area contributed by atoms with Crippen LogP contribution in [0.15, 0.2) is 36.9 Å². The molecule has 0 radical (unpaired) electrons. The molecule has 1 saturated heterocycles. The van der Waals surface area contributed by atoms with Crippen molar-refractivity contribution >= 4 is 0 Å². The maximum Gasteiger partial charge on any atom is 0.190 e. The lowest BCUT2D eigenvalue weighted by molar-refractivity contribution is -0.175. The first-order valence-corrected chi connectivity index (χ1v) is 7.40. The number of hydrogen-bond donors (Lipinski definition) is 0. The molecule has 4 heteroatoms. The molecular weight excluding hydrogens is 264 g/mol. The molecule has 21 heavy (non-hydrogen) atoms. The van der Waals surface area contributed by atoms with Gasteiger partial charge in [0.2, 0.25) is 0 Å². The van der Waals surface area contributed by atoms with Crippen LogP contribution in [-0.4, -0.2) is 28.0 Å². The highest BCUT2D eigenvalue weighted by atomic mass is 16.7. The largest absolute Gasteiger partial charge is 0.345 e. The summed E-state index contributed by atoms with van der Waals surface area (Å²) < 4.78 is 14.2. The molecular formula is C17H22N2O2. The van der Waals surface area contributed by atoms with E-state index in [4.69, 9.17) is 9.47 Å². The number of ether oxygens (including phenoxy) is 2. The summed E-state index contributed by atoms with van der Waals surface area (Å²) in [5.41, 5.74) is 3.84. The van der Waals surface area contributed by atoms with Gasteiger partial charge in [-0.15, -0.1) is 0 Å². The fraction of sp³-hybridized carbons (Fsp3) is 0.471. The zero-order chi connectivity index (χ0) is 14.9. The average molecular weight is 286 g/mol. The van der Waals surface area contributed by atoms with Crippen LogP contribution in [0.4, 0.5) is 0 Å². The average Bonchev–Trinajstić information content (AvgIpc) is 3.04. The molecule has 0 N–H and O–H groups in total. The Morgan fingerprint density at radius 2 is 2.24 bits per heavy atom. The lowest BCUT2D eigenvalue weighted by Gasteiger charge is -2.29. The van der Waals surface area contributed by atoms with Gasteiger partial charge >= 0.3 is 0 Å². The number of imidazole rings is 1. The quantitative estimate of drug-likeness (QED) is 0.867. The maximum absolute atomic E-state index is 6.14. The molecule has 2 aromatic rings. The highest BCUT2D eigenvalue weighted by Gasteiger charge is 2.40. The number of benzene rings is 1. The van der Waals surface area contributed by atoms with E-state index in [-0.39, 0.29) is 6.10 Å². The van der Waals surface area contributed by atoms with Crippen molar-refractivity contribution in [1.29, 1.82) is 0 Å². The van der Waals surface area contributed by atoms with E-state index < -0.39 is 5.79 Å². The molecule has 1 aliphatic heterocycles. The standard InChI is InChI=1S/C17H22N2O2/c1-13-4-5-16(14(2)8-13)9-17(20-10-15(3)21-17)11-19-7-6-18-12-19/h4-8,12,15H,9-11H2,1-3H3. The van der Waals surface area contributed by atoms with Crippen molar-refractivity contribution in [3.63, 3.8) is 0 Å². The molecule has 3 rings (SSSR count). The zero-order valence-corrected chi connectivity index (χ0v) is 12.9. The Kier molecular flexibility index (Phi) is 3.83. The van der Waals surface area contributed by atoms with Crippen LogP contribution in [0.1, 0.15) is 23.6 Å². The van der Waals surface area contributed by atoms with Gasteiger partial charge in [0.05, 0.1) is 25.6 Å². The normalized spacial score (nSPS) is 25.4. The molecule has 0 aliphatic carbocycles. The molecule has 1 aromatic carbocycles. The monoisotopic (exact) mass is 286 g/mol. The number of aromatic nitrogens is 2. The predicted octanol–water partition coefficient (Wildman–Crippen LogP) is 2.87. The van der Waals surface area contributed by atoms with Crippen molar-refractivity contribution in [3.8, 4) is 0 Å². The van der Waals surface area contributed by atoms with Gasteiger partial charge in [0.25, 0.3) is 0 Å². The van der Waals surface area contributed by atoms with Crippen LogP contribution in [0.3, 0.4) is 0 Å². The first-order chi connectivity index (χ1) is 10.1. The Labute approximate surface area is 125 Å². The van der Waals surface area contributed by atoms with E-state index in [0.717, 1.165) is 6.42 Å². The van der Waals surface area contributed by atoms with Gasteiger partial charge in [-0.1, -0.05) is 23.8 Å². The van der Waals surface area contributed by atoms with E-state index in [2.05, 4.69) is 44.0 Å². The first-order valence-electron chi connectivity index (χ1n) is 7.40. The summed E-state index contributed by atoms with van der Waals surface area (Å²) in [6.45, 7) is 7.61. The highest BCUT2D eigenvalue weighted by molar-refractivity contribution is 5.31. The van der Waals surface area contributed by atoms with Crippen LogP contribution >= 0.6 is 0 Å². The third kappa shape index (κ3) is 3.17. The molecule has 0 bridgehead atoms. The zero-order valence-electron chi connectivity index (χ0n) is 12.9. The minimum absolute atomic E-state index is 0.124. The molecule has 0 saturated carbocycles. The summed E-state index contributed by atoms with van der Waals surface area (Å²) in [6, 6.07) is 6.53. The van der Waals surface area contributed by atoms with Crippen LogP contribution in [0.2, 0.25) is 0 Å². The van der Waals surface area contributed by atoms with E-state index in [9.17, 15) is 0 Å². The Bertz CT molecular complexity index is 609. The SMILES string of the molecule is Cc1ccc(CC2(Cn3ccnc3)OCC(C)O2)c(C)c1. The molecule has 4 nitrogen and oxygen atoms in total. The van der Waals surface area contributed by atoms with Crippen LogP contribution in [0.25, 0.3) is 0 Å². The predicted molar refractivity (Wildman–Crippen MR) is 81.1 cm³/mol. The van der Waals surface area contributed by atoms with E-state index in [1.807, 2.05) is 10.8 Å². The number of aryl methyl sites for hydroxylation is 2. The topological polar surface area (TPSA) is 36.3 Å². The molecule has 112 valence electrons. The van der Waals surface area contributed by atoms with Crippen molar-refractivity contribution in [2.45, 2.75) is 45.6 Å². The van der Waals surface area contributed by atoms with Crippen molar-refractivity contribution in [2.75, 3.05) is 6.61 Å². The summed E-state index contributed by atoms with van der Waals surface area (Å²) in [5, 5.41) is 0. The van der Waals surface area contributed by atoms with Gasteiger partial charge in [-0.25, -0.2) is 4.98 Å². The number of hydrogen-bond acceptors (Lipinski definition) is 3. The number of rotatable bonds is 4. The Balaban J connectivity index is 1.85.